The lowest BCUT2D eigenvalue weighted by atomic mass is 10.0. The molecule has 13 heteroatoms. The Morgan fingerprint density at radius 2 is 1.45 bits per heavy atom. The van der Waals surface area contributed by atoms with Crippen molar-refractivity contribution in [1.82, 2.24) is 10.2 Å². The molecule has 2 aromatic carbocycles. The number of ether oxygens (including phenoxy) is 2. The van der Waals surface area contributed by atoms with Crippen LogP contribution in [0.1, 0.15) is 57.5 Å². The van der Waals surface area contributed by atoms with E-state index in [0.717, 1.165) is 4.90 Å². The molecule has 0 saturated carbocycles. The highest BCUT2D eigenvalue weighted by Gasteiger charge is 2.34. The van der Waals surface area contributed by atoms with Gasteiger partial charge >= 0.3 is 12.1 Å². The molecule has 2 unspecified atom stereocenters. The van der Waals surface area contributed by atoms with Gasteiger partial charge in [0.25, 0.3) is 6.43 Å². The van der Waals surface area contributed by atoms with Crippen molar-refractivity contribution in [3.8, 4) is 0 Å². The third-order valence-corrected chi connectivity index (χ3v) is 6.29. The largest absolute Gasteiger partial charge is 0.456 e. The highest BCUT2D eigenvalue weighted by Crippen LogP contribution is 2.22. The van der Waals surface area contributed by atoms with Gasteiger partial charge in [0.15, 0.2) is 0 Å². The number of halogens is 3. The molecule has 3 rings (SSSR count). The lowest BCUT2D eigenvalue weighted by Gasteiger charge is -2.35. The number of nitrogens with one attached hydrogen (secondary N) is 2. The molecule has 0 aromatic heterocycles. The summed E-state index contributed by atoms with van der Waals surface area (Å²) < 4.78 is 49.8. The van der Waals surface area contributed by atoms with Crippen LogP contribution in [0.2, 0.25) is 0 Å². The summed E-state index contributed by atoms with van der Waals surface area (Å²) in [6.07, 6.45) is -6.45. The molecule has 1 saturated heterocycles. The van der Waals surface area contributed by atoms with Crippen LogP contribution >= 0.6 is 0 Å². The van der Waals surface area contributed by atoms with Gasteiger partial charge in [-0.1, -0.05) is 12.1 Å². The highest BCUT2D eigenvalue weighted by atomic mass is 19.3. The second-order valence-corrected chi connectivity index (χ2v) is 12.4. The lowest BCUT2D eigenvalue weighted by Crippen LogP contribution is -2.54. The van der Waals surface area contributed by atoms with E-state index in [4.69, 9.17) is 9.47 Å². The predicted molar refractivity (Wildman–Crippen MR) is 158 cm³/mol. The Labute approximate surface area is 254 Å². The average Bonchev–Trinajstić information content (AvgIpc) is 2.91. The zero-order valence-corrected chi connectivity index (χ0v) is 25.7. The summed E-state index contributed by atoms with van der Waals surface area (Å²) in [5, 5.41) is 5.32. The number of alkyl carbamates (subject to hydrolysis) is 1. The number of anilines is 2. The van der Waals surface area contributed by atoms with Gasteiger partial charge in [0.2, 0.25) is 18.1 Å². The predicted octanol–water partition coefficient (Wildman–Crippen LogP) is 4.93. The van der Waals surface area contributed by atoms with E-state index in [1.165, 1.54) is 17.0 Å². The SMILES string of the molecule is CC(C)(C)OC(=O)NC(Cc1ccc(N2CCN(C(F)C(F)F)CC2=O)cc1)C(=O)Nc1ccc(C(=O)OC(C)(C)C)cc1. The topological polar surface area (TPSA) is 117 Å². The quantitative estimate of drug-likeness (QED) is 0.302. The maximum Gasteiger partial charge on any atom is 0.408 e. The standard InChI is InChI=1S/C31H39F3N4O6/c1-30(2,3)43-28(41)20-9-11-21(12-10-20)35-27(40)23(36-29(42)44-31(4,5)6)17-19-7-13-22(14-8-19)38-16-15-37(18-24(38)39)26(34)25(32)33/h7-14,23,25-26H,15-18H2,1-6H3,(H,35,40)(H,36,42). The average molecular weight is 621 g/mol. The fourth-order valence-corrected chi connectivity index (χ4v) is 4.30. The Morgan fingerprint density at radius 1 is 0.864 bits per heavy atom. The normalized spacial score (nSPS) is 15.9. The van der Waals surface area contributed by atoms with Gasteiger partial charge in [-0.05, 0) is 83.5 Å². The fourth-order valence-electron chi connectivity index (χ4n) is 4.30. The maximum absolute atomic E-state index is 13.7. The molecule has 2 N–H and O–H groups in total. The summed E-state index contributed by atoms with van der Waals surface area (Å²) in [7, 11) is 0. The first kappa shape index (κ1) is 34.4. The van der Waals surface area contributed by atoms with E-state index in [-0.39, 0.29) is 19.5 Å². The number of hydrogen-bond acceptors (Lipinski definition) is 7. The van der Waals surface area contributed by atoms with Crippen LogP contribution in [0.25, 0.3) is 0 Å². The van der Waals surface area contributed by atoms with Gasteiger partial charge in [0.05, 0.1) is 12.1 Å². The monoisotopic (exact) mass is 620 g/mol. The van der Waals surface area contributed by atoms with E-state index < -0.39 is 60.4 Å². The van der Waals surface area contributed by atoms with Crippen molar-refractivity contribution in [2.24, 2.45) is 0 Å². The summed E-state index contributed by atoms with van der Waals surface area (Å²) in [6.45, 7) is 9.83. The van der Waals surface area contributed by atoms with Gasteiger partial charge in [-0.25, -0.2) is 22.8 Å². The van der Waals surface area contributed by atoms with Crippen LogP contribution in [0.3, 0.4) is 0 Å². The fraction of sp³-hybridized carbons (Fsp3) is 0.484. The minimum Gasteiger partial charge on any atom is -0.456 e. The number of rotatable bonds is 9. The Hall–Kier alpha value is -4.13. The lowest BCUT2D eigenvalue weighted by molar-refractivity contribution is -0.126. The van der Waals surface area contributed by atoms with Crippen molar-refractivity contribution in [3.05, 3.63) is 59.7 Å². The van der Waals surface area contributed by atoms with Crippen LogP contribution in [-0.4, -0.2) is 78.4 Å². The maximum atomic E-state index is 13.7. The summed E-state index contributed by atoms with van der Waals surface area (Å²) in [5.41, 5.74) is 0.337. The summed E-state index contributed by atoms with van der Waals surface area (Å²) in [6, 6.07) is 11.6. The van der Waals surface area contributed by atoms with Crippen LogP contribution in [0.5, 0.6) is 0 Å². The Bertz CT molecular complexity index is 1320. The molecule has 2 aromatic rings. The molecule has 0 spiro atoms. The van der Waals surface area contributed by atoms with Crippen LogP contribution in [0.4, 0.5) is 29.3 Å². The second kappa shape index (κ2) is 14.1. The van der Waals surface area contributed by atoms with Crippen LogP contribution < -0.4 is 15.5 Å². The number of carbonyl (C=O) groups is 4. The Balaban J connectivity index is 1.71. The second-order valence-electron chi connectivity index (χ2n) is 12.4. The molecule has 1 fully saturated rings. The van der Waals surface area contributed by atoms with E-state index in [9.17, 15) is 32.3 Å². The van der Waals surface area contributed by atoms with Crippen LogP contribution in [0.15, 0.2) is 48.5 Å². The highest BCUT2D eigenvalue weighted by molar-refractivity contribution is 5.98. The van der Waals surface area contributed by atoms with Crippen molar-refractivity contribution < 1.29 is 41.8 Å². The molecular formula is C31H39F3N4O6. The van der Waals surface area contributed by atoms with Crippen molar-refractivity contribution in [1.29, 1.82) is 0 Å². The first-order valence-corrected chi connectivity index (χ1v) is 14.1. The minimum absolute atomic E-state index is 0.0310. The number of piperazine rings is 1. The van der Waals surface area contributed by atoms with E-state index in [0.29, 0.717) is 22.5 Å². The van der Waals surface area contributed by atoms with Gasteiger partial charge in [-0.2, -0.15) is 0 Å². The molecule has 1 aliphatic heterocycles. The number of nitrogens with zero attached hydrogens (tertiary/aromatic N) is 2. The van der Waals surface area contributed by atoms with E-state index in [1.54, 1.807) is 77.9 Å². The molecule has 44 heavy (non-hydrogen) atoms. The molecule has 0 radical (unpaired) electrons. The summed E-state index contributed by atoms with van der Waals surface area (Å²) >= 11 is 0. The minimum atomic E-state index is -3.20. The summed E-state index contributed by atoms with van der Waals surface area (Å²) in [4.78, 5) is 52.9. The molecule has 2 atom stereocenters. The number of alkyl halides is 3. The zero-order valence-electron chi connectivity index (χ0n) is 25.7. The first-order valence-electron chi connectivity index (χ1n) is 14.1. The van der Waals surface area contributed by atoms with Gasteiger partial charge in [0, 0.05) is 30.9 Å². The van der Waals surface area contributed by atoms with Crippen molar-refractivity contribution >= 4 is 35.3 Å². The van der Waals surface area contributed by atoms with Crippen molar-refractivity contribution in [2.75, 3.05) is 29.9 Å². The number of esters is 1. The summed E-state index contributed by atoms with van der Waals surface area (Å²) in [5.74, 6) is -1.57. The molecule has 3 amide bonds. The number of carbonyl (C=O) groups excluding carboxylic acids is 4. The van der Waals surface area contributed by atoms with E-state index in [2.05, 4.69) is 10.6 Å². The van der Waals surface area contributed by atoms with Crippen molar-refractivity contribution in [2.45, 2.75) is 77.9 Å². The van der Waals surface area contributed by atoms with Crippen LogP contribution in [-0.2, 0) is 25.5 Å². The van der Waals surface area contributed by atoms with E-state index in [1.807, 2.05) is 0 Å². The van der Waals surface area contributed by atoms with Crippen LogP contribution in [0, 0.1) is 0 Å². The third-order valence-electron chi connectivity index (χ3n) is 6.29. The molecule has 10 nitrogen and oxygen atoms in total. The number of amides is 3. The van der Waals surface area contributed by atoms with Gasteiger partial charge in [-0.3, -0.25) is 14.5 Å². The third kappa shape index (κ3) is 10.2. The first-order chi connectivity index (χ1) is 20.4. The van der Waals surface area contributed by atoms with Gasteiger partial charge in [0.1, 0.15) is 17.2 Å². The molecule has 1 aliphatic rings. The smallest absolute Gasteiger partial charge is 0.408 e. The number of hydrogen-bond donors (Lipinski definition) is 2. The van der Waals surface area contributed by atoms with Gasteiger partial charge < -0.3 is 25.0 Å². The van der Waals surface area contributed by atoms with Crippen molar-refractivity contribution in [3.63, 3.8) is 0 Å². The molecule has 240 valence electrons. The van der Waals surface area contributed by atoms with Gasteiger partial charge in [-0.15, -0.1) is 0 Å². The molecule has 0 bridgehead atoms. The molecular weight excluding hydrogens is 581 g/mol. The van der Waals surface area contributed by atoms with E-state index >= 15 is 0 Å². The molecule has 0 aliphatic carbocycles. The Kier molecular flexibility index (Phi) is 11.0. The molecule has 1 heterocycles. The number of benzene rings is 2. The zero-order chi connectivity index (χ0) is 32.8. The Morgan fingerprint density at radius 3 is 1.98 bits per heavy atom.